The van der Waals surface area contributed by atoms with Gasteiger partial charge in [-0.2, -0.15) is 5.06 Å². The van der Waals surface area contributed by atoms with Crippen LogP contribution < -0.4 is 14.9 Å². The summed E-state index contributed by atoms with van der Waals surface area (Å²) in [5.74, 6) is 1.79. The van der Waals surface area contributed by atoms with E-state index >= 15 is 0 Å². The third-order valence-corrected chi connectivity index (χ3v) is 6.43. The molecule has 1 aromatic carbocycles. The minimum absolute atomic E-state index is 0.0558. The number of ether oxygens (including phenoxy) is 1. The minimum Gasteiger partial charge on any atom is -0.497 e. The van der Waals surface area contributed by atoms with E-state index in [0.29, 0.717) is 30.1 Å². The highest BCUT2D eigenvalue weighted by Crippen LogP contribution is 2.23. The van der Waals surface area contributed by atoms with E-state index in [2.05, 4.69) is 5.32 Å². The Balaban J connectivity index is 2.16. The van der Waals surface area contributed by atoms with Crippen molar-refractivity contribution in [1.82, 2.24) is 10.4 Å². The number of methoxy groups -OCH3 is 1. The average Bonchev–Trinajstić information content (AvgIpc) is 3.37. The van der Waals surface area contributed by atoms with E-state index in [-0.39, 0.29) is 17.5 Å². The van der Waals surface area contributed by atoms with Crippen LogP contribution in [-0.2, 0) is 20.1 Å². The van der Waals surface area contributed by atoms with Gasteiger partial charge >= 0.3 is 0 Å². The number of rotatable bonds is 16. The number of hydroxylamine groups is 2. The molecular weight excluding hydrogens is 480 g/mol. The zero-order valence-corrected chi connectivity index (χ0v) is 22.6. The Morgan fingerprint density at radius 1 is 1.14 bits per heavy atom. The van der Waals surface area contributed by atoms with Crippen molar-refractivity contribution in [2.24, 2.45) is 5.92 Å². The van der Waals surface area contributed by atoms with E-state index in [4.69, 9.17) is 14.0 Å². The highest BCUT2D eigenvalue weighted by Gasteiger charge is 2.33. The fourth-order valence-electron chi connectivity index (χ4n) is 3.61. The van der Waals surface area contributed by atoms with E-state index in [9.17, 15) is 14.4 Å². The van der Waals surface area contributed by atoms with Crippen LogP contribution in [-0.4, -0.2) is 47.6 Å². The molecule has 2 atom stereocenters. The number of hydrogen-bond acceptors (Lipinski definition) is 7. The lowest BCUT2D eigenvalue weighted by atomic mass is 10.0. The van der Waals surface area contributed by atoms with Crippen molar-refractivity contribution >= 4 is 29.4 Å². The number of furan rings is 1. The maximum absolute atomic E-state index is 13.5. The van der Waals surface area contributed by atoms with Gasteiger partial charge in [0.1, 0.15) is 17.6 Å². The summed E-state index contributed by atoms with van der Waals surface area (Å²) in [6.07, 6.45) is 4.20. The molecule has 9 heteroatoms. The number of ketones is 1. The lowest BCUT2D eigenvalue weighted by molar-refractivity contribution is -0.170. The molecule has 0 unspecified atom stereocenters. The highest BCUT2D eigenvalue weighted by atomic mass is 32.2. The normalized spacial score (nSPS) is 12.6. The number of hydrogen-bond donors (Lipinski definition) is 1. The van der Waals surface area contributed by atoms with Crippen LogP contribution in [0.25, 0.3) is 0 Å². The molecule has 1 N–H and O–H groups in total. The molecule has 0 saturated carbocycles. The van der Waals surface area contributed by atoms with Gasteiger partial charge in [-0.25, -0.2) is 0 Å². The van der Waals surface area contributed by atoms with Gasteiger partial charge in [-0.15, -0.1) is 11.8 Å². The molecule has 8 nitrogen and oxygen atoms in total. The van der Waals surface area contributed by atoms with Gasteiger partial charge in [-0.05, 0) is 43.0 Å². The Morgan fingerprint density at radius 2 is 1.89 bits per heavy atom. The average molecular weight is 519 g/mol. The van der Waals surface area contributed by atoms with Gasteiger partial charge in [0.05, 0.1) is 30.9 Å². The Kier molecular flexibility index (Phi) is 12.4. The van der Waals surface area contributed by atoms with Gasteiger partial charge < -0.3 is 19.3 Å². The second-order valence-electron chi connectivity index (χ2n) is 9.00. The van der Waals surface area contributed by atoms with Crippen molar-refractivity contribution in [3.63, 3.8) is 0 Å². The SMILES string of the molecule is CCCC[C@H](NC(=O)[C@H](CC(C)C)N(Oc1cccc(OC)c1)C(C)=O)C(=O)CSCc1ccco1. The second-order valence-corrected chi connectivity index (χ2v) is 9.99. The first kappa shape index (κ1) is 29.3. The fraction of sp³-hybridized carbons (Fsp3) is 0.519. The van der Waals surface area contributed by atoms with Gasteiger partial charge in [0.2, 0.25) is 5.91 Å². The summed E-state index contributed by atoms with van der Waals surface area (Å²) in [4.78, 5) is 45.0. The fourth-order valence-corrected chi connectivity index (χ4v) is 4.48. The molecule has 36 heavy (non-hydrogen) atoms. The molecule has 0 spiro atoms. The van der Waals surface area contributed by atoms with Crippen LogP contribution in [0, 0.1) is 5.92 Å². The van der Waals surface area contributed by atoms with Crippen molar-refractivity contribution in [3.05, 3.63) is 48.4 Å². The number of carbonyl (C=O) groups is 3. The number of carbonyl (C=O) groups excluding carboxylic acids is 3. The number of thioether (sulfide) groups is 1. The molecule has 0 aliphatic rings. The maximum Gasteiger partial charge on any atom is 0.252 e. The number of benzene rings is 1. The summed E-state index contributed by atoms with van der Waals surface area (Å²) in [6, 6.07) is 8.97. The largest absolute Gasteiger partial charge is 0.497 e. The summed E-state index contributed by atoms with van der Waals surface area (Å²) in [6.45, 7) is 7.33. The van der Waals surface area contributed by atoms with Crippen molar-refractivity contribution < 1.29 is 28.4 Å². The van der Waals surface area contributed by atoms with E-state index in [1.165, 1.54) is 25.8 Å². The smallest absolute Gasteiger partial charge is 0.252 e. The second kappa shape index (κ2) is 15.2. The van der Waals surface area contributed by atoms with Crippen LogP contribution in [0.4, 0.5) is 0 Å². The van der Waals surface area contributed by atoms with Crippen molar-refractivity contribution in [2.45, 2.75) is 71.2 Å². The van der Waals surface area contributed by atoms with Crippen LogP contribution in [0.1, 0.15) is 59.1 Å². The number of amides is 2. The Hall–Kier alpha value is -2.94. The summed E-state index contributed by atoms with van der Waals surface area (Å²) in [5.41, 5.74) is 0. The molecule has 1 aromatic heterocycles. The van der Waals surface area contributed by atoms with Crippen molar-refractivity contribution in [2.75, 3.05) is 12.9 Å². The number of nitrogens with zero attached hydrogens (tertiary/aromatic N) is 1. The number of unbranched alkanes of at least 4 members (excludes halogenated alkanes) is 1. The van der Waals surface area contributed by atoms with E-state index < -0.39 is 23.9 Å². The van der Waals surface area contributed by atoms with Crippen molar-refractivity contribution in [3.8, 4) is 11.5 Å². The third kappa shape index (κ3) is 9.60. The maximum atomic E-state index is 13.5. The Bertz CT molecular complexity index is 963. The van der Waals surface area contributed by atoms with Gasteiger partial charge in [-0.1, -0.05) is 39.7 Å². The highest BCUT2D eigenvalue weighted by molar-refractivity contribution is 7.99. The standard InChI is InChI=1S/C27H38N2O6S/c1-6-7-13-24(26(31)18-36-17-23-12-9-14-34-23)28-27(32)25(15-19(2)3)29(20(4)30)35-22-11-8-10-21(16-22)33-5/h8-12,14,16,19,24-25H,6-7,13,15,17-18H2,1-5H3,(H,28,32)/t24-,25-/m0/s1. The molecule has 0 saturated heterocycles. The molecule has 0 fully saturated rings. The molecular formula is C27H38N2O6S. The molecule has 0 aliphatic heterocycles. The first-order chi connectivity index (χ1) is 17.2. The van der Waals surface area contributed by atoms with E-state index in [1.807, 2.05) is 32.9 Å². The Morgan fingerprint density at radius 3 is 2.50 bits per heavy atom. The van der Waals surface area contributed by atoms with Crippen LogP contribution in [0.3, 0.4) is 0 Å². The van der Waals surface area contributed by atoms with E-state index in [0.717, 1.165) is 23.7 Å². The van der Waals surface area contributed by atoms with Crippen LogP contribution in [0.5, 0.6) is 11.5 Å². The summed E-state index contributed by atoms with van der Waals surface area (Å²) < 4.78 is 10.6. The number of nitrogens with one attached hydrogen (secondary N) is 1. The molecule has 0 bridgehead atoms. The quantitative estimate of drug-likeness (QED) is 0.312. The van der Waals surface area contributed by atoms with Gasteiger partial charge in [0.25, 0.3) is 5.91 Å². The van der Waals surface area contributed by atoms with Crippen molar-refractivity contribution in [1.29, 1.82) is 0 Å². The first-order valence-electron chi connectivity index (χ1n) is 12.3. The third-order valence-electron chi connectivity index (χ3n) is 5.46. The van der Waals surface area contributed by atoms with Gasteiger partial charge in [-0.3, -0.25) is 14.4 Å². The molecule has 0 radical (unpaired) electrons. The number of Topliss-reactive ketones (excluding diaryl/α,β-unsaturated/α-hetero) is 1. The van der Waals surface area contributed by atoms with Crippen LogP contribution in [0.15, 0.2) is 47.1 Å². The topological polar surface area (TPSA) is 98.1 Å². The van der Waals surface area contributed by atoms with E-state index in [1.54, 1.807) is 30.5 Å². The minimum atomic E-state index is -0.901. The molecule has 1 heterocycles. The van der Waals surface area contributed by atoms with Gasteiger partial charge in [0.15, 0.2) is 11.5 Å². The Labute approximate surface area is 218 Å². The lowest BCUT2D eigenvalue weighted by Crippen LogP contribution is -2.54. The zero-order valence-electron chi connectivity index (χ0n) is 21.8. The molecule has 2 rings (SSSR count). The summed E-state index contributed by atoms with van der Waals surface area (Å²) in [7, 11) is 1.54. The van der Waals surface area contributed by atoms with Gasteiger partial charge in [0, 0.05) is 13.0 Å². The first-order valence-corrected chi connectivity index (χ1v) is 13.5. The summed E-state index contributed by atoms with van der Waals surface area (Å²) in [5, 5.41) is 4.01. The predicted molar refractivity (Wildman–Crippen MR) is 141 cm³/mol. The monoisotopic (exact) mass is 518 g/mol. The molecule has 198 valence electrons. The molecule has 2 aromatic rings. The molecule has 2 amide bonds. The van der Waals surface area contributed by atoms with Crippen LogP contribution in [0.2, 0.25) is 0 Å². The molecule has 0 aliphatic carbocycles. The lowest BCUT2D eigenvalue weighted by Gasteiger charge is -2.31. The van der Waals surface area contributed by atoms with Crippen LogP contribution >= 0.6 is 11.8 Å². The summed E-state index contributed by atoms with van der Waals surface area (Å²) >= 11 is 1.45. The zero-order chi connectivity index (χ0) is 26.5. The predicted octanol–water partition coefficient (Wildman–Crippen LogP) is 5.02.